The Morgan fingerprint density at radius 2 is 1.65 bits per heavy atom. The quantitative estimate of drug-likeness (QED) is 0.807. The van der Waals surface area contributed by atoms with Gasteiger partial charge in [-0.2, -0.15) is 0 Å². The van der Waals surface area contributed by atoms with Crippen LogP contribution in [-0.4, -0.2) is 35.8 Å². The zero-order valence-electron chi connectivity index (χ0n) is 16.6. The van der Waals surface area contributed by atoms with E-state index in [0.29, 0.717) is 12.5 Å². The van der Waals surface area contributed by atoms with Crippen molar-refractivity contribution < 1.29 is 4.79 Å². The van der Waals surface area contributed by atoms with Crippen molar-refractivity contribution in [3.05, 3.63) is 71.3 Å². The van der Waals surface area contributed by atoms with Crippen LogP contribution >= 0.6 is 0 Å². The molecule has 3 nitrogen and oxygen atoms in total. The van der Waals surface area contributed by atoms with Crippen LogP contribution < -0.4 is 0 Å². The molecule has 0 N–H and O–H groups in total. The molecule has 0 bridgehead atoms. The van der Waals surface area contributed by atoms with Gasteiger partial charge in [-0.1, -0.05) is 82.3 Å². The van der Waals surface area contributed by atoms with Gasteiger partial charge in [0.25, 0.3) is 0 Å². The Labute approximate surface area is 157 Å². The van der Waals surface area contributed by atoms with Crippen LogP contribution in [0.2, 0.25) is 0 Å². The van der Waals surface area contributed by atoms with Crippen LogP contribution in [0.4, 0.5) is 0 Å². The number of nitrogens with zero attached hydrogens (tertiary/aromatic N) is 2. The lowest BCUT2D eigenvalue weighted by atomic mass is 9.86. The summed E-state index contributed by atoms with van der Waals surface area (Å²) in [6.07, 6.45) is 0.0164. The molecular weight excluding hydrogens is 320 g/mol. The third kappa shape index (κ3) is 3.83. The number of carbonyl (C=O) groups excluding carboxylic acids is 1. The molecule has 0 radical (unpaired) electrons. The van der Waals surface area contributed by atoms with Gasteiger partial charge in [0, 0.05) is 6.54 Å². The number of hydrogen-bond donors (Lipinski definition) is 0. The summed E-state index contributed by atoms with van der Waals surface area (Å²) in [5.74, 6) is 0.517. The summed E-state index contributed by atoms with van der Waals surface area (Å²) in [7, 11) is 2.04. The molecule has 1 amide bonds. The lowest BCUT2D eigenvalue weighted by Gasteiger charge is -2.31. The van der Waals surface area contributed by atoms with Gasteiger partial charge in [-0.25, -0.2) is 0 Å². The first-order valence-electron chi connectivity index (χ1n) is 9.42. The van der Waals surface area contributed by atoms with Crippen molar-refractivity contribution in [2.75, 3.05) is 20.1 Å². The molecule has 1 heterocycles. The highest BCUT2D eigenvalue weighted by atomic mass is 16.2. The van der Waals surface area contributed by atoms with Crippen molar-refractivity contribution in [1.29, 1.82) is 0 Å². The second-order valence-corrected chi connectivity index (χ2v) is 8.52. The number of hydrogen-bond acceptors (Lipinski definition) is 2. The first-order valence-corrected chi connectivity index (χ1v) is 9.42. The molecule has 26 heavy (non-hydrogen) atoms. The number of benzene rings is 2. The fraction of sp³-hybridized carbons (Fsp3) is 0.435. The van der Waals surface area contributed by atoms with E-state index >= 15 is 0 Å². The van der Waals surface area contributed by atoms with Gasteiger partial charge in [-0.05, 0) is 35.1 Å². The molecule has 1 aliphatic rings. The van der Waals surface area contributed by atoms with Crippen molar-refractivity contribution in [1.82, 2.24) is 9.80 Å². The summed E-state index contributed by atoms with van der Waals surface area (Å²) in [6.45, 7) is 10.1. The van der Waals surface area contributed by atoms with E-state index in [0.717, 1.165) is 6.54 Å². The van der Waals surface area contributed by atoms with E-state index in [1.54, 1.807) is 0 Å². The van der Waals surface area contributed by atoms with Gasteiger partial charge in [-0.15, -0.1) is 0 Å². The molecule has 0 saturated carbocycles. The van der Waals surface area contributed by atoms with Gasteiger partial charge >= 0.3 is 0 Å². The largest absolute Gasteiger partial charge is 0.321 e. The molecule has 0 aliphatic carbocycles. The van der Waals surface area contributed by atoms with Gasteiger partial charge in [0.2, 0.25) is 5.91 Å². The normalized spacial score (nSPS) is 19.8. The average Bonchev–Trinajstić information content (AvgIpc) is 2.88. The van der Waals surface area contributed by atoms with E-state index in [1.165, 1.54) is 16.7 Å². The van der Waals surface area contributed by atoms with Crippen molar-refractivity contribution >= 4 is 5.91 Å². The fourth-order valence-electron chi connectivity index (χ4n) is 3.74. The average molecular weight is 351 g/mol. The summed E-state index contributed by atoms with van der Waals surface area (Å²) < 4.78 is 0. The number of carbonyl (C=O) groups is 1. The molecule has 2 atom stereocenters. The molecule has 2 aromatic carbocycles. The predicted octanol–water partition coefficient (Wildman–Crippen LogP) is 4.56. The summed E-state index contributed by atoms with van der Waals surface area (Å²) in [5.41, 5.74) is 3.91. The Morgan fingerprint density at radius 3 is 2.23 bits per heavy atom. The van der Waals surface area contributed by atoms with Gasteiger partial charge in [0.1, 0.15) is 6.17 Å². The summed E-state index contributed by atoms with van der Waals surface area (Å²) in [4.78, 5) is 16.8. The topological polar surface area (TPSA) is 23.6 Å². The Bertz CT molecular complexity index is 746. The second-order valence-electron chi connectivity index (χ2n) is 8.52. The Morgan fingerprint density at radius 1 is 1.04 bits per heavy atom. The maximum Gasteiger partial charge on any atom is 0.238 e. The summed E-state index contributed by atoms with van der Waals surface area (Å²) in [6, 6.07) is 19.2. The van der Waals surface area contributed by atoms with Crippen molar-refractivity contribution in [2.45, 2.75) is 45.2 Å². The number of rotatable bonds is 4. The molecule has 1 aliphatic heterocycles. The minimum atomic E-state index is 0.0164. The lowest BCUT2D eigenvalue weighted by molar-refractivity contribution is -0.128. The van der Waals surface area contributed by atoms with E-state index in [1.807, 2.05) is 18.0 Å². The van der Waals surface area contributed by atoms with Crippen LogP contribution in [0.5, 0.6) is 0 Å². The Balaban J connectivity index is 1.83. The number of amides is 1. The first-order chi connectivity index (χ1) is 12.3. The predicted molar refractivity (Wildman–Crippen MR) is 107 cm³/mol. The third-order valence-corrected chi connectivity index (χ3v) is 5.33. The molecule has 2 unspecified atom stereocenters. The molecule has 2 aromatic rings. The van der Waals surface area contributed by atoms with E-state index in [4.69, 9.17) is 0 Å². The standard InChI is InChI=1S/C23H30N2O/c1-17(18-9-7-6-8-10-18)15-25-21(26)16-24(5)22(25)19-11-13-20(14-12-19)23(2,3)4/h6-14,17,22H,15-16H2,1-5H3. The lowest BCUT2D eigenvalue weighted by Crippen LogP contribution is -2.34. The summed E-state index contributed by atoms with van der Waals surface area (Å²) in [5, 5.41) is 0. The molecular formula is C23H30N2O. The van der Waals surface area contributed by atoms with Crippen LogP contribution in [0.15, 0.2) is 54.6 Å². The maximum atomic E-state index is 12.6. The maximum absolute atomic E-state index is 12.6. The molecule has 3 heteroatoms. The highest BCUT2D eigenvalue weighted by Gasteiger charge is 2.37. The van der Waals surface area contributed by atoms with E-state index in [-0.39, 0.29) is 17.5 Å². The van der Waals surface area contributed by atoms with Gasteiger partial charge < -0.3 is 4.90 Å². The van der Waals surface area contributed by atoms with E-state index < -0.39 is 0 Å². The fourth-order valence-corrected chi connectivity index (χ4v) is 3.74. The van der Waals surface area contributed by atoms with Crippen LogP contribution in [0.1, 0.15) is 56.5 Å². The molecule has 0 aromatic heterocycles. The van der Waals surface area contributed by atoms with Crippen molar-refractivity contribution in [2.24, 2.45) is 0 Å². The molecule has 3 rings (SSSR count). The van der Waals surface area contributed by atoms with Gasteiger partial charge in [0.05, 0.1) is 6.54 Å². The molecule has 0 spiro atoms. The molecule has 1 fully saturated rings. The van der Waals surface area contributed by atoms with Crippen LogP contribution in [0.25, 0.3) is 0 Å². The molecule has 1 saturated heterocycles. The van der Waals surface area contributed by atoms with Gasteiger partial charge in [0.15, 0.2) is 0 Å². The van der Waals surface area contributed by atoms with Crippen LogP contribution in [-0.2, 0) is 10.2 Å². The second kappa shape index (κ2) is 7.24. The van der Waals surface area contributed by atoms with E-state index in [9.17, 15) is 4.79 Å². The van der Waals surface area contributed by atoms with Gasteiger partial charge in [-0.3, -0.25) is 9.69 Å². The summed E-state index contributed by atoms with van der Waals surface area (Å²) >= 11 is 0. The van der Waals surface area contributed by atoms with E-state index in [2.05, 4.69) is 81.1 Å². The third-order valence-electron chi connectivity index (χ3n) is 5.33. The SMILES string of the molecule is CC(CN1C(=O)CN(C)C1c1ccc(C(C)(C)C)cc1)c1ccccc1. The zero-order chi connectivity index (χ0) is 18.9. The van der Waals surface area contributed by atoms with Crippen molar-refractivity contribution in [3.8, 4) is 0 Å². The Kier molecular flexibility index (Phi) is 5.19. The van der Waals surface area contributed by atoms with Crippen molar-refractivity contribution in [3.63, 3.8) is 0 Å². The highest BCUT2D eigenvalue weighted by Crippen LogP contribution is 2.33. The number of likely N-dealkylation sites (N-methyl/N-ethyl adjacent to an activating group) is 1. The Hall–Kier alpha value is -2.13. The monoisotopic (exact) mass is 350 g/mol. The smallest absolute Gasteiger partial charge is 0.238 e. The highest BCUT2D eigenvalue weighted by molar-refractivity contribution is 5.81. The minimum Gasteiger partial charge on any atom is -0.321 e. The van der Waals surface area contributed by atoms with Crippen LogP contribution in [0.3, 0.4) is 0 Å². The molecule has 138 valence electrons. The first kappa shape index (κ1) is 18.7. The zero-order valence-corrected chi connectivity index (χ0v) is 16.6. The van der Waals surface area contributed by atoms with Crippen LogP contribution in [0, 0.1) is 0 Å². The minimum absolute atomic E-state index is 0.0164.